The number of hydrogen-bond acceptors (Lipinski definition) is 5. The molecule has 22 heavy (non-hydrogen) atoms. The van der Waals surface area contributed by atoms with E-state index in [1.54, 1.807) is 7.11 Å². The molecule has 3 atom stereocenters. The summed E-state index contributed by atoms with van der Waals surface area (Å²) in [5, 5.41) is 12.5. The lowest BCUT2D eigenvalue weighted by Crippen LogP contribution is -2.41. The van der Waals surface area contributed by atoms with E-state index in [0.29, 0.717) is 25.8 Å². The topological polar surface area (TPSA) is 77.0 Å². The molecule has 0 saturated carbocycles. The second-order valence-corrected chi connectivity index (χ2v) is 5.26. The van der Waals surface area contributed by atoms with Crippen LogP contribution in [0.15, 0.2) is 30.3 Å². The molecule has 1 aromatic rings. The third-order valence-corrected chi connectivity index (χ3v) is 3.63. The summed E-state index contributed by atoms with van der Waals surface area (Å²) >= 11 is 0. The zero-order chi connectivity index (χ0) is 15.8. The van der Waals surface area contributed by atoms with Gasteiger partial charge < -0.3 is 24.6 Å². The number of hydrogen-bond donors (Lipinski definition) is 2. The van der Waals surface area contributed by atoms with E-state index in [4.69, 9.17) is 14.2 Å². The van der Waals surface area contributed by atoms with E-state index >= 15 is 0 Å². The number of carbonyl (C=O) groups is 1. The molecule has 1 fully saturated rings. The molecule has 1 aliphatic rings. The van der Waals surface area contributed by atoms with Crippen molar-refractivity contribution in [2.24, 2.45) is 0 Å². The van der Waals surface area contributed by atoms with Crippen molar-refractivity contribution in [2.45, 2.75) is 44.4 Å². The zero-order valence-electron chi connectivity index (χ0n) is 12.7. The summed E-state index contributed by atoms with van der Waals surface area (Å²) in [6, 6.07) is 9.48. The summed E-state index contributed by atoms with van der Waals surface area (Å²) in [6.07, 6.45) is 0.238. The van der Waals surface area contributed by atoms with Crippen LogP contribution < -0.4 is 5.32 Å². The standard InChI is InChI=1S/C16H23NO5/c1-20-15-8-7-13(18)14(22-15)9-10-17-16(19)21-11-12-5-3-2-4-6-12/h2-6,13-15,18H,7-11H2,1H3,(H,17,19)/t13-,14+,15-/m0/s1. The lowest BCUT2D eigenvalue weighted by molar-refractivity contribution is -0.212. The summed E-state index contributed by atoms with van der Waals surface area (Å²) in [5.41, 5.74) is 0.937. The van der Waals surface area contributed by atoms with Crippen molar-refractivity contribution in [2.75, 3.05) is 13.7 Å². The van der Waals surface area contributed by atoms with Crippen molar-refractivity contribution in [3.05, 3.63) is 35.9 Å². The minimum Gasteiger partial charge on any atom is -0.445 e. The zero-order valence-corrected chi connectivity index (χ0v) is 12.7. The molecule has 0 spiro atoms. The summed E-state index contributed by atoms with van der Waals surface area (Å²) in [4.78, 5) is 11.6. The quantitative estimate of drug-likeness (QED) is 0.838. The number of methoxy groups -OCH3 is 1. The van der Waals surface area contributed by atoms with Crippen LogP contribution in [0.4, 0.5) is 4.79 Å². The summed E-state index contributed by atoms with van der Waals surface area (Å²) < 4.78 is 15.8. The molecule has 2 rings (SSSR count). The molecule has 1 heterocycles. The maximum Gasteiger partial charge on any atom is 0.407 e. The van der Waals surface area contributed by atoms with Crippen LogP contribution in [0.3, 0.4) is 0 Å². The molecule has 6 nitrogen and oxygen atoms in total. The van der Waals surface area contributed by atoms with E-state index in [9.17, 15) is 9.90 Å². The van der Waals surface area contributed by atoms with Crippen molar-refractivity contribution >= 4 is 6.09 Å². The van der Waals surface area contributed by atoms with Crippen LogP contribution >= 0.6 is 0 Å². The Morgan fingerprint density at radius 1 is 1.36 bits per heavy atom. The number of aliphatic hydroxyl groups excluding tert-OH is 1. The van der Waals surface area contributed by atoms with Gasteiger partial charge in [0.05, 0.1) is 12.2 Å². The van der Waals surface area contributed by atoms with Gasteiger partial charge in [-0.05, 0) is 18.4 Å². The molecule has 0 aromatic heterocycles. The fourth-order valence-corrected chi connectivity index (χ4v) is 2.37. The lowest BCUT2D eigenvalue weighted by atomic mass is 10.0. The SMILES string of the molecule is CO[C@@H]1CC[C@H](O)[C@@H](CCNC(=O)OCc2ccccc2)O1. The second-order valence-electron chi connectivity index (χ2n) is 5.26. The highest BCUT2D eigenvalue weighted by atomic mass is 16.7. The van der Waals surface area contributed by atoms with Gasteiger partial charge in [-0.3, -0.25) is 0 Å². The number of carbonyl (C=O) groups excluding carboxylic acids is 1. The van der Waals surface area contributed by atoms with E-state index in [-0.39, 0.29) is 19.0 Å². The van der Waals surface area contributed by atoms with Crippen LogP contribution in [-0.2, 0) is 20.8 Å². The Bertz CT molecular complexity index is 453. The third kappa shape index (κ3) is 5.29. The van der Waals surface area contributed by atoms with Gasteiger partial charge in [0.2, 0.25) is 0 Å². The molecule has 1 saturated heterocycles. The van der Waals surface area contributed by atoms with Gasteiger partial charge in [0, 0.05) is 20.1 Å². The van der Waals surface area contributed by atoms with Crippen molar-refractivity contribution in [1.29, 1.82) is 0 Å². The monoisotopic (exact) mass is 309 g/mol. The maximum atomic E-state index is 11.6. The van der Waals surface area contributed by atoms with Gasteiger partial charge >= 0.3 is 6.09 Å². The lowest BCUT2D eigenvalue weighted by Gasteiger charge is -2.33. The number of ether oxygens (including phenoxy) is 3. The number of nitrogens with one attached hydrogen (secondary N) is 1. The largest absolute Gasteiger partial charge is 0.445 e. The Morgan fingerprint density at radius 2 is 2.14 bits per heavy atom. The van der Waals surface area contributed by atoms with Crippen LogP contribution in [0, 0.1) is 0 Å². The Balaban J connectivity index is 1.64. The highest BCUT2D eigenvalue weighted by Gasteiger charge is 2.29. The summed E-state index contributed by atoms with van der Waals surface area (Å²) in [7, 11) is 1.58. The molecule has 2 N–H and O–H groups in total. The van der Waals surface area contributed by atoms with E-state index in [0.717, 1.165) is 5.56 Å². The number of aliphatic hydroxyl groups is 1. The molecule has 1 amide bonds. The minimum absolute atomic E-state index is 0.237. The molecule has 122 valence electrons. The molecule has 0 radical (unpaired) electrons. The number of rotatable bonds is 6. The van der Waals surface area contributed by atoms with Crippen LogP contribution in [0.1, 0.15) is 24.8 Å². The Kier molecular flexibility index (Phi) is 6.64. The fourth-order valence-electron chi connectivity index (χ4n) is 2.37. The molecule has 1 aliphatic heterocycles. The van der Waals surface area contributed by atoms with Gasteiger partial charge in [-0.25, -0.2) is 4.79 Å². The van der Waals surface area contributed by atoms with E-state index in [1.165, 1.54) is 0 Å². The molecule has 0 unspecified atom stereocenters. The average Bonchev–Trinajstić information content (AvgIpc) is 2.55. The highest BCUT2D eigenvalue weighted by Crippen LogP contribution is 2.21. The molecule has 1 aromatic carbocycles. The Hall–Kier alpha value is -1.63. The molecule has 0 bridgehead atoms. The first-order valence-corrected chi connectivity index (χ1v) is 7.50. The first-order chi connectivity index (χ1) is 10.7. The fraction of sp³-hybridized carbons (Fsp3) is 0.562. The van der Waals surface area contributed by atoms with Gasteiger partial charge in [0.1, 0.15) is 6.61 Å². The number of amides is 1. The Morgan fingerprint density at radius 3 is 2.86 bits per heavy atom. The first kappa shape index (κ1) is 16.7. The predicted molar refractivity (Wildman–Crippen MR) is 80.2 cm³/mol. The molecular weight excluding hydrogens is 286 g/mol. The van der Waals surface area contributed by atoms with Crippen molar-refractivity contribution < 1.29 is 24.1 Å². The molecule has 6 heteroatoms. The summed E-state index contributed by atoms with van der Waals surface area (Å²) in [6.45, 7) is 0.618. The number of benzene rings is 1. The van der Waals surface area contributed by atoms with Gasteiger partial charge in [-0.2, -0.15) is 0 Å². The minimum atomic E-state index is -0.520. The average molecular weight is 309 g/mol. The molecular formula is C16H23NO5. The highest BCUT2D eigenvalue weighted by molar-refractivity contribution is 5.67. The van der Waals surface area contributed by atoms with E-state index in [2.05, 4.69) is 5.32 Å². The van der Waals surface area contributed by atoms with Gasteiger partial charge in [0.15, 0.2) is 6.29 Å². The van der Waals surface area contributed by atoms with Crippen molar-refractivity contribution in [3.63, 3.8) is 0 Å². The van der Waals surface area contributed by atoms with E-state index in [1.807, 2.05) is 30.3 Å². The maximum absolute atomic E-state index is 11.6. The Labute approximate surface area is 130 Å². The van der Waals surface area contributed by atoms with Gasteiger partial charge in [0.25, 0.3) is 0 Å². The predicted octanol–water partition coefficient (Wildman–Crippen LogP) is 1.82. The third-order valence-electron chi connectivity index (χ3n) is 3.63. The van der Waals surface area contributed by atoms with Crippen LogP contribution in [-0.4, -0.2) is 43.4 Å². The van der Waals surface area contributed by atoms with Gasteiger partial charge in [-0.1, -0.05) is 30.3 Å². The van der Waals surface area contributed by atoms with Crippen molar-refractivity contribution in [1.82, 2.24) is 5.32 Å². The normalized spacial score (nSPS) is 24.7. The summed E-state index contributed by atoms with van der Waals surface area (Å²) in [5.74, 6) is 0. The van der Waals surface area contributed by atoms with Crippen LogP contribution in [0.2, 0.25) is 0 Å². The smallest absolute Gasteiger partial charge is 0.407 e. The second kappa shape index (κ2) is 8.73. The number of alkyl carbamates (subject to hydrolysis) is 1. The van der Waals surface area contributed by atoms with E-state index < -0.39 is 12.2 Å². The van der Waals surface area contributed by atoms with Crippen molar-refractivity contribution in [3.8, 4) is 0 Å². The first-order valence-electron chi connectivity index (χ1n) is 7.50. The molecule has 0 aliphatic carbocycles. The van der Waals surface area contributed by atoms with Gasteiger partial charge in [-0.15, -0.1) is 0 Å². The van der Waals surface area contributed by atoms with Crippen LogP contribution in [0.25, 0.3) is 0 Å². The van der Waals surface area contributed by atoms with Crippen LogP contribution in [0.5, 0.6) is 0 Å².